The van der Waals surface area contributed by atoms with E-state index in [1.807, 2.05) is 18.2 Å². The van der Waals surface area contributed by atoms with Gasteiger partial charge in [0.15, 0.2) is 5.82 Å². The molecule has 11 heteroatoms. The third kappa shape index (κ3) is 5.28. The van der Waals surface area contributed by atoms with Gasteiger partial charge in [0.05, 0.1) is 18.9 Å². The van der Waals surface area contributed by atoms with Crippen molar-refractivity contribution in [3.05, 3.63) is 36.0 Å². The zero-order valence-corrected chi connectivity index (χ0v) is 20.2. The average molecular weight is 492 g/mol. The number of ether oxygens (including phenoxy) is 1. The maximum absolute atomic E-state index is 12.0. The predicted octanol–water partition coefficient (Wildman–Crippen LogP) is 3.24. The van der Waals surface area contributed by atoms with Crippen LogP contribution in [0, 0.1) is 0 Å². The summed E-state index contributed by atoms with van der Waals surface area (Å²) in [6.45, 7) is 3.06. The molecule has 10 nitrogen and oxygen atoms in total. The van der Waals surface area contributed by atoms with Gasteiger partial charge in [-0.05, 0) is 49.9 Å². The van der Waals surface area contributed by atoms with E-state index in [4.69, 9.17) is 19.8 Å². The minimum absolute atomic E-state index is 0.0228. The molecule has 0 atom stereocenters. The number of morpholine rings is 1. The third-order valence-corrected chi connectivity index (χ3v) is 8.54. The van der Waals surface area contributed by atoms with Gasteiger partial charge in [-0.2, -0.15) is 10.6 Å². The number of anilines is 2. The van der Waals surface area contributed by atoms with Crippen molar-refractivity contribution in [1.29, 1.82) is 0 Å². The molecular weight excluding hydrogens is 458 g/mol. The maximum Gasteiger partial charge on any atom is 0.319 e. The highest BCUT2D eigenvalue weighted by Gasteiger charge is 2.49. The Hall–Kier alpha value is -2.44. The van der Waals surface area contributed by atoms with Crippen LogP contribution in [0.3, 0.4) is 0 Å². The maximum atomic E-state index is 12.0. The molecule has 34 heavy (non-hydrogen) atoms. The predicted molar refractivity (Wildman–Crippen MR) is 134 cm³/mol. The SMILES string of the molecule is CS(O)(O)C1(c2cc(N3CCOCC3)nc(-c3ccc(NC(=O)NCCCO)cc3)n2)CCC1. The molecule has 186 valence electrons. The molecule has 1 saturated carbocycles. The van der Waals surface area contributed by atoms with E-state index < -0.39 is 15.3 Å². The summed E-state index contributed by atoms with van der Waals surface area (Å²) in [7, 11) is -2.86. The number of aliphatic hydroxyl groups excluding tert-OH is 1. The van der Waals surface area contributed by atoms with E-state index >= 15 is 0 Å². The van der Waals surface area contributed by atoms with Crippen molar-refractivity contribution in [3.63, 3.8) is 0 Å². The van der Waals surface area contributed by atoms with Gasteiger partial charge in [0.2, 0.25) is 0 Å². The fraction of sp³-hybridized carbons (Fsp3) is 0.522. The Morgan fingerprint density at radius 3 is 2.47 bits per heavy atom. The zero-order valence-electron chi connectivity index (χ0n) is 19.4. The fourth-order valence-electron chi connectivity index (χ4n) is 4.25. The van der Waals surface area contributed by atoms with E-state index in [2.05, 4.69) is 15.5 Å². The summed E-state index contributed by atoms with van der Waals surface area (Å²) in [4.78, 5) is 23.7. The zero-order chi connectivity index (χ0) is 24.2. The van der Waals surface area contributed by atoms with Crippen molar-refractivity contribution in [2.24, 2.45) is 0 Å². The molecule has 0 bridgehead atoms. The molecule has 4 rings (SSSR count). The number of rotatable bonds is 8. The molecule has 2 aromatic rings. The van der Waals surface area contributed by atoms with Gasteiger partial charge < -0.3 is 25.4 Å². The minimum Gasteiger partial charge on any atom is -0.396 e. The Kier molecular flexibility index (Phi) is 7.58. The Bertz CT molecular complexity index is 988. The molecule has 2 heterocycles. The second-order valence-corrected chi connectivity index (χ2v) is 11.2. The molecule has 0 radical (unpaired) electrons. The van der Waals surface area contributed by atoms with E-state index in [1.54, 1.807) is 12.1 Å². The second kappa shape index (κ2) is 10.4. The smallest absolute Gasteiger partial charge is 0.319 e. The molecule has 1 saturated heterocycles. The number of hydrogen-bond donors (Lipinski definition) is 5. The number of urea groups is 1. The summed E-state index contributed by atoms with van der Waals surface area (Å²) in [6, 6.07) is 8.79. The van der Waals surface area contributed by atoms with E-state index in [0.717, 1.165) is 17.8 Å². The number of carbonyl (C=O) groups excluding carboxylic acids is 1. The number of aromatic nitrogens is 2. The quantitative estimate of drug-likeness (QED) is 0.355. The van der Waals surface area contributed by atoms with Crippen molar-refractivity contribution in [2.75, 3.05) is 55.9 Å². The number of hydrogen-bond acceptors (Lipinski definition) is 8. The summed E-state index contributed by atoms with van der Waals surface area (Å²) in [5, 5.41) is 14.3. The highest BCUT2D eigenvalue weighted by molar-refractivity contribution is 8.24. The number of aliphatic hydroxyl groups is 1. The van der Waals surface area contributed by atoms with E-state index in [9.17, 15) is 13.9 Å². The van der Waals surface area contributed by atoms with Crippen LogP contribution < -0.4 is 15.5 Å². The molecule has 5 N–H and O–H groups in total. The first-order valence-corrected chi connectivity index (χ1v) is 13.5. The van der Waals surface area contributed by atoms with E-state index in [0.29, 0.717) is 69.3 Å². The van der Waals surface area contributed by atoms with Gasteiger partial charge in [0.1, 0.15) is 10.6 Å². The van der Waals surface area contributed by atoms with Gasteiger partial charge in [-0.25, -0.2) is 14.8 Å². The highest BCUT2D eigenvalue weighted by atomic mass is 32.3. The first-order chi connectivity index (χ1) is 16.3. The van der Waals surface area contributed by atoms with Gasteiger partial charge in [-0.3, -0.25) is 9.11 Å². The van der Waals surface area contributed by atoms with Crippen LogP contribution in [-0.4, -0.2) is 75.9 Å². The standard InChI is InChI=1S/C23H33N5O5S/c1-34(31,32)23(8-2-9-23)19-16-20(28-11-14-33-15-12-28)27-21(26-19)17-4-6-18(7-5-17)25-22(30)24-10-3-13-29/h4-7,16,29,31-32H,2-3,8-15H2,1H3,(H2,24,25,30). The normalized spacial score (nSPS) is 18.2. The first kappa shape index (κ1) is 24.7. The van der Waals surface area contributed by atoms with Gasteiger partial charge in [-0.15, -0.1) is 0 Å². The van der Waals surface area contributed by atoms with Crippen molar-refractivity contribution < 1.29 is 23.7 Å². The first-order valence-electron chi connectivity index (χ1n) is 11.5. The molecule has 0 unspecified atom stereocenters. The van der Waals surface area contributed by atoms with Crippen molar-refractivity contribution in [2.45, 2.75) is 30.4 Å². The summed E-state index contributed by atoms with van der Waals surface area (Å²) in [6.07, 6.45) is 4.29. The largest absolute Gasteiger partial charge is 0.396 e. The van der Waals surface area contributed by atoms with Crippen LogP contribution in [0.15, 0.2) is 30.3 Å². The van der Waals surface area contributed by atoms with Crippen LogP contribution in [0.2, 0.25) is 0 Å². The minimum atomic E-state index is -2.86. The Morgan fingerprint density at radius 1 is 1.18 bits per heavy atom. The van der Waals surface area contributed by atoms with Crippen molar-refractivity contribution >= 4 is 28.1 Å². The van der Waals surface area contributed by atoms with Gasteiger partial charge in [0.25, 0.3) is 0 Å². The number of amides is 2. The number of nitrogens with zero attached hydrogens (tertiary/aromatic N) is 3. The molecular formula is C23H33N5O5S. The third-order valence-electron chi connectivity index (χ3n) is 6.44. The highest BCUT2D eigenvalue weighted by Crippen LogP contribution is 2.65. The monoisotopic (exact) mass is 491 g/mol. The molecule has 1 aromatic heterocycles. The number of benzene rings is 1. The van der Waals surface area contributed by atoms with Crippen LogP contribution in [0.4, 0.5) is 16.3 Å². The fourth-order valence-corrected chi connectivity index (χ4v) is 5.81. The molecule has 1 aliphatic heterocycles. The molecule has 0 spiro atoms. The Morgan fingerprint density at radius 2 is 1.88 bits per heavy atom. The molecule has 1 aromatic carbocycles. The summed E-state index contributed by atoms with van der Waals surface area (Å²) in [5.74, 6) is 1.26. The lowest BCUT2D eigenvalue weighted by atomic mass is 9.81. The molecule has 1 aliphatic carbocycles. The lowest BCUT2D eigenvalue weighted by molar-refractivity contribution is 0.122. The molecule has 2 fully saturated rings. The van der Waals surface area contributed by atoms with Crippen LogP contribution >= 0.6 is 10.6 Å². The van der Waals surface area contributed by atoms with Crippen LogP contribution in [0.5, 0.6) is 0 Å². The lowest BCUT2D eigenvalue weighted by Gasteiger charge is -2.53. The van der Waals surface area contributed by atoms with Crippen molar-refractivity contribution in [1.82, 2.24) is 15.3 Å². The van der Waals surface area contributed by atoms with E-state index in [-0.39, 0.29) is 12.6 Å². The van der Waals surface area contributed by atoms with Gasteiger partial charge in [0, 0.05) is 49.8 Å². The topological polar surface area (TPSA) is 140 Å². The Balaban J connectivity index is 1.62. The van der Waals surface area contributed by atoms with Gasteiger partial charge >= 0.3 is 6.03 Å². The summed E-state index contributed by atoms with van der Waals surface area (Å²) < 4.78 is 26.1. The number of nitrogens with one attached hydrogen (secondary N) is 2. The number of carbonyl (C=O) groups is 1. The average Bonchev–Trinajstić information content (AvgIpc) is 2.78. The second-order valence-electron chi connectivity index (χ2n) is 8.75. The Labute approximate surface area is 201 Å². The van der Waals surface area contributed by atoms with Crippen LogP contribution in [0.1, 0.15) is 31.4 Å². The summed E-state index contributed by atoms with van der Waals surface area (Å²) >= 11 is 0. The van der Waals surface area contributed by atoms with Crippen LogP contribution in [0.25, 0.3) is 11.4 Å². The van der Waals surface area contributed by atoms with E-state index in [1.165, 1.54) is 6.26 Å². The van der Waals surface area contributed by atoms with Gasteiger partial charge in [-0.1, -0.05) is 0 Å². The van der Waals surface area contributed by atoms with Crippen LogP contribution in [-0.2, 0) is 9.48 Å². The molecule has 2 amide bonds. The summed E-state index contributed by atoms with van der Waals surface area (Å²) in [5.41, 5.74) is 2.05. The molecule has 2 aliphatic rings. The lowest BCUT2D eigenvalue weighted by Crippen LogP contribution is -2.41. The van der Waals surface area contributed by atoms with Crippen molar-refractivity contribution in [3.8, 4) is 11.4 Å².